The highest BCUT2D eigenvalue weighted by Crippen LogP contribution is 2.39. The Morgan fingerprint density at radius 2 is 2.06 bits per heavy atom. The molecule has 0 N–H and O–H groups in total. The molecule has 3 heteroatoms. The number of aryl methyl sites for hydroxylation is 1. The minimum absolute atomic E-state index is 0.731. The minimum atomic E-state index is 0.731. The molecule has 1 nitrogen and oxygen atoms in total. The maximum absolute atomic E-state index is 5.73. The number of nitrogens with zero attached hydrogens (tertiary/aromatic N) is 1. The van der Waals surface area contributed by atoms with E-state index in [4.69, 9.17) is 16.6 Å². The highest BCUT2D eigenvalue weighted by atomic mass is 35.5. The molecular weight excluding hydrogens is 262 g/mol. The molecule has 0 atom stereocenters. The number of hydrogen-bond acceptors (Lipinski definition) is 2. The van der Waals surface area contributed by atoms with Crippen LogP contribution in [0.1, 0.15) is 62.6 Å². The fraction of sp³-hybridized carbons (Fsp3) is 0.800. The Morgan fingerprint density at radius 3 is 2.67 bits per heavy atom. The third-order valence-electron chi connectivity index (χ3n) is 4.20. The molecular formula is C15H24ClNS. The second kappa shape index (κ2) is 6.91. The monoisotopic (exact) mass is 285 g/mol. The quantitative estimate of drug-likeness (QED) is 0.674. The van der Waals surface area contributed by atoms with Crippen LogP contribution in [0, 0.1) is 11.8 Å². The lowest BCUT2D eigenvalue weighted by molar-refractivity contribution is 0.258. The van der Waals surface area contributed by atoms with Gasteiger partial charge in [-0.25, -0.2) is 4.98 Å². The van der Waals surface area contributed by atoms with Gasteiger partial charge < -0.3 is 0 Å². The number of halogens is 1. The predicted molar refractivity (Wildman–Crippen MR) is 80.7 cm³/mol. The van der Waals surface area contributed by atoms with Gasteiger partial charge in [-0.1, -0.05) is 13.8 Å². The lowest BCUT2D eigenvalue weighted by atomic mass is 9.77. The van der Waals surface area contributed by atoms with E-state index in [1.807, 2.05) is 11.3 Å². The van der Waals surface area contributed by atoms with E-state index < -0.39 is 0 Å². The average Bonchev–Trinajstić information content (AvgIpc) is 2.85. The SMILES string of the molecule is CC(C)C1CCC(c2nc(CCCCl)cs2)CC1. The predicted octanol–water partition coefficient (Wildman–Crippen LogP) is 5.24. The Morgan fingerprint density at radius 1 is 1.33 bits per heavy atom. The second-order valence-electron chi connectivity index (χ2n) is 5.83. The van der Waals surface area contributed by atoms with Gasteiger partial charge in [-0.2, -0.15) is 0 Å². The summed E-state index contributed by atoms with van der Waals surface area (Å²) in [5.41, 5.74) is 1.25. The number of thiazole rings is 1. The zero-order valence-corrected chi connectivity index (χ0v) is 13.1. The zero-order chi connectivity index (χ0) is 13.0. The van der Waals surface area contributed by atoms with Crippen LogP contribution >= 0.6 is 22.9 Å². The van der Waals surface area contributed by atoms with Crippen LogP contribution in [0.5, 0.6) is 0 Å². The largest absolute Gasteiger partial charge is 0.246 e. The molecule has 1 aromatic rings. The Balaban J connectivity index is 1.87. The fourth-order valence-electron chi connectivity index (χ4n) is 2.91. The maximum atomic E-state index is 5.73. The van der Waals surface area contributed by atoms with Crippen molar-refractivity contribution in [3.63, 3.8) is 0 Å². The van der Waals surface area contributed by atoms with Crippen molar-refractivity contribution in [3.05, 3.63) is 16.1 Å². The van der Waals surface area contributed by atoms with Crippen molar-refractivity contribution in [3.8, 4) is 0 Å². The molecule has 0 unspecified atom stereocenters. The third kappa shape index (κ3) is 3.71. The normalized spacial score (nSPS) is 24.7. The van der Waals surface area contributed by atoms with Crippen LogP contribution in [0.15, 0.2) is 5.38 Å². The summed E-state index contributed by atoms with van der Waals surface area (Å²) in [6, 6.07) is 0. The Kier molecular flexibility index (Phi) is 5.50. The molecule has 18 heavy (non-hydrogen) atoms. The topological polar surface area (TPSA) is 12.9 Å². The van der Waals surface area contributed by atoms with Crippen molar-refractivity contribution < 1.29 is 0 Å². The molecule has 1 aliphatic carbocycles. The molecule has 2 rings (SSSR count). The van der Waals surface area contributed by atoms with Crippen LogP contribution in [-0.2, 0) is 6.42 Å². The number of aromatic nitrogens is 1. The lowest BCUT2D eigenvalue weighted by Gasteiger charge is -2.29. The van der Waals surface area contributed by atoms with Crippen molar-refractivity contribution in [1.29, 1.82) is 0 Å². The van der Waals surface area contributed by atoms with E-state index in [-0.39, 0.29) is 0 Å². The molecule has 102 valence electrons. The van der Waals surface area contributed by atoms with Crippen molar-refractivity contribution in [2.45, 2.75) is 58.3 Å². The molecule has 0 amide bonds. The summed E-state index contributed by atoms with van der Waals surface area (Å²) in [5.74, 6) is 3.26. The molecule has 0 aromatic carbocycles. The van der Waals surface area contributed by atoms with E-state index in [0.717, 1.165) is 36.5 Å². The molecule has 1 saturated carbocycles. The third-order valence-corrected chi connectivity index (χ3v) is 5.52. The van der Waals surface area contributed by atoms with Gasteiger partial charge >= 0.3 is 0 Å². The summed E-state index contributed by atoms with van der Waals surface area (Å²) in [6.45, 7) is 4.72. The van der Waals surface area contributed by atoms with Gasteiger partial charge in [-0.3, -0.25) is 0 Å². The van der Waals surface area contributed by atoms with Crippen LogP contribution in [0.4, 0.5) is 0 Å². The maximum Gasteiger partial charge on any atom is 0.0959 e. The number of rotatable bonds is 5. The molecule has 0 aliphatic heterocycles. The van der Waals surface area contributed by atoms with Crippen molar-refractivity contribution >= 4 is 22.9 Å². The summed E-state index contributed by atoms with van der Waals surface area (Å²) in [6.07, 6.45) is 7.54. The van der Waals surface area contributed by atoms with E-state index in [9.17, 15) is 0 Å². The van der Waals surface area contributed by atoms with Gasteiger partial charge in [0.2, 0.25) is 0 Å². The zero-order valence-electron chi connectivity index (χ0n) is 11.5. The van der Waals surface area contributed by atoms with Gasteiger partial charge in [0.15, 0.2) is 0 Å². The number of alkyl halides is 1. The smallest absolute Gasteiger partial charge is 0.0959 e. The van der Waals surface area contributed by atoms with Crippen LogP contribution in [0.3, 0.4) is 0 Å². The van der Waals surface area contributed by atoms with Gasteiger partial charge in [0.05, 0.1) is 10.7 Å². The van der Waals surface area contributed by atoms with Crippen LogP contribution < -0.4 is 0 Å². The molecule has 0 saturated heterocycles. The minimum Gasteiger partial charge on any atom is -0.246 e. The highest BCUT2D eigenvalue weighted by molar-refractivity contribution is 7.09. The van der Waals surface area contributed by atoms with Crippen molar-refractivity contribution in [2.24, 2.45) is 11.8 Å². The standard InChI is InChI=1S/C15H24ClNS/c1-11(2)12-5-7-13(8-6-12)15-17-14(10-18-15)4-3-9-16/h10-13H,3-9H2,1-2H3. The second-order valence-corrected chi connectivity index (χ2v) is 7.09. The Labute approximate surface area is 120 Å². The Hall–Kier alpha value is -0.0800. The van der Waals surface area contributed by atoms with E-state index in [0.29, 0.717) is 0 Å². The summed E-state index contributed by atoms with van der Waals surface area (Å²) in [4.78, 5) is 4.80. The molecule has 0 bridgehead atoms. The first-order valence-electron chi connectivity index (χ1n) is 7.21. The van der Waals surface area contributed by atoms with Crippen molar-refractivity contribution in [1.82, 2.24) is 4.98 Å². The van der Waals surface area contributed by atoms with E-state index in [2.05, 4.69) is 19.2 Å². The fourth-order valence-corrected chi connectivity index (χ4v) is 4.06. The molecule has 0 radical (unpaired) electrons. The van der Waals surface area contributed by atoms with E-state index >= 15 is 0 Å². The van der Waals surface area contributed by atoms with Crippen LogP contribution in [-0.4, -0.2) is 10.9 Å². The first-order chi connectivity index (χ1) is 8.70. The van der Waals surface area contributed by atoms with Gasteiger partial charge in [0, 0.05) is 17.2 Å². The lowest BCUT2D eigenvalue weighted by Crippen LogP contribution is -2.17. The average molecular weight is 286 g/mol. The molecule has 1 heterocycles. The molecule has 1 aromatic heterocycles. The van der Waals surface area contributed by atoms with Gasteiger partial charge in [0.25, 0.3) is 0 Å². The van der Waals surface area contributed by atoms with Crippen LogP contribution in [0.2, 0.25) is 0 Å². The summed E-state index contributed by atoms with van der Waals surface area (Å²) in [5, 5.41) is 3.61. The van der Waals surface area contributed by atoms with E-state index in [1.54, 1.807) is 0 Å². The highest BCUT2D eigenvalue weighted by Gasteiger charge is 2.25. The summed E-state index contributed by atoms with van der Waals surface area (Å²) in [7, 11) is 0. The summed E-state index contributed by atoms with van der Waals surface area (Å²) >= 11 is 7.59. The first kappa shape index (κ1) is 14.3. The molecule has 0 spiro atoms. The van der Waals surface area contributed by atoms with Crippen LogP contribution in [0.25, 0.3) is 0 Å². The molecule has 1 fully saturated rings. The first-order valence-corrected chi connectivity index (χ1v) is 8.62. The van der Waals surface area contributed by atoms with Crippen molar-refractivity contribution in [2.75, 3.05) is 5.88 Å². The van der Waals surface area contributed by atoms with Gasteiger partial charge in [0.1, 0.15) is 0 Å². The number of hydrogen-bond donors (Lipinski definition) is 0. The Bertz CT molecular complexity index is 353. The molecule has 1 aliphatic rings. The van der Waals surface area contributed by atoms with E-state index in [1.165, 1.54) is 36.4 Å². The summed E-state index contributed by atoms with van der Waals surface area (Å²) < 4.78 is 0. The van der Waals surface area contributed by atoms with Gasteiger partial charge in [-0.05, 0) is 50.4 Å². The van der Waals surface area contributed by atoms with Gasteiger partial charge in [-0.15, -0.1) is 22.9 Å².